The first-order chi connectivity index (χ1) is 12.7. The Labute approximate surface area is 160 Å². The first kappa shape index (κ1) is 19.2. The van der Waals surface area contributed by atoms with Crippen molar-refractivity contribution in [2.24, 2.45) is 0 Å². The minimum atomic E-state index is -0.350. The zero-order valence-corrected chi connectivity index (χ0v) is 16.6. The third kappa shape index (κ3) is 4.98. The topological polar surface area (TPSA) is 63.7 Å². The molecule has 27 heavy (non-hydrogen) atoms. The molecule has 2 aromatic rings. The van der Waals surface area contributed by atoms with Crippen LogP contribution in [-0.2, 0) is 4.74 Å². The second-order valence-electron chi connectivity index (χ2n) is 7.73. The van der Waals surface area contributed by atoms with E-state index in [9.17, 15) is 4.79 Å². The Morgan fingerprint density at radius 2 is 2.04 bits per heavy atom. The van der Waals surface area contributed by atoms with Gasteiger partial charge in [-0.2, -0.15) is 0 Å². The summed E-state index contributed by atoms with van der Waals surface area (Å²) < 4.78 is 11.6. The molecule has 0 unspecified atom stereocenters. The van der Waals surface area contributed by atoms with Crippen LogP contribution in [0.15, 0.2) is 36.5 Å². The number of nitrogens with one attached hydrogen (secondary N) is 1. The van der Waals surface area contributed by atoms with Gasteiger partial charge in [-0.15, -0.1) is 0 Å². The van der Waals surface area contributed by atoms with E-state index >= 15 is 0 Å². The van der Waals surface area contributed by atoms with Gasteiger partial charge in [0.25, 0.3) is 0 Å². The van der Waals surface area contributed by atoms with Gasteiger partial charge in [0, 0.05) is 12.6 Å². The summed E-state index contributed by atoms with van der Waals surface area (Å²) in [5.74, 6) is 1.23. The summed E-state index contributed by atoms with van der Waals surface area (Å²) in [6, 6.07) is 9.30. The monoisotopic (exact) mass is 369 g/mol. The number of hydrogen-bond donors (Lipinski definition) is 1. The van der Waals surface area contributed by atoms with Gasteiger partial charge in [-0.1, -0.05) is 6.07 Å². The van der Waals surface area contributed by atoms with Crippen LogP contribution < -0.4 is 10.1 Å². The van der Waals surface area contributed by atoms with Gasteiger partial charge in [-0.25, -0.2) is 9.78 Å². The molecule has 1 aliphatic rings. The zero-order chi connectivity index (χ0) is 19.6. The van der Waals surface area contributed by atoms with Crippen LogP contribution in [-0.4, -0.2) is 40.7 Å². The van der Waals surface area contributed by atoms with Gasteiger partial charge >= 0.3 is 6.03 Å². The molecule has 1 aromatic heterocycles. The number of ether oxygens (including phenoxy) is 2. The lowest BCUT2D eigenvalue weighted by Crippen LogP contribution is -2.54. The fourth-order valence-electron chi connectivity index (χ4n) is 3.22. The molecular weight excluding hydrogens is 342 g/mol. The van der Waals surface area contributed by atoms with Crippen molar-refractivity contribution in [1.82, 2.24) is 9.88 Å². The Hall–Kier alpha value is -2.60. The molecule has 1 fully saturated rings. The second-order valence-corrected chi connectivity index (χ2v) is 7.73. The van der Waals surface area contributed by atoms with Crippen molar-refractivity contribution in [2.75, 3.05) is 18.4 Å². The highest BCUT2D eigenvalue weighted by molar-refractivity contribution is 5.89. The summed E-state index contributed by atoms with van der Waals surface area (Å²) in [4.78, 5) is 18.6. The molecule has 0 saturated carbocycles. The van der Waals surface area contributed by atoms with Crippen LogP contribution in [0.25, 0.3) is 0 Å². The Kier molecular flexibility index (Phi) is 5.37. The molecule has 3 rings (SSSR count). The molecule has 0 spiro atoms. The van der Waals surface area contributed by atoms with Gasteiger partial charge in [-0.05, 0) is 63.9 Å². The predicted molar refractivity (Wildman–Crippen MR) is 105 cm³/mol. The Balaban J connectivity index is 1.61. The molecule has 0 bridgehead atoms. The zero-order valence-electron chi connectivity index (χ0n) is 16.6. The number of rotatable bonds is 3. The van der Waals surface area contributed by atoms with E-state index in [4.69, 9.17) is 9.47 Å². The molecule has 1 atom stereocenters. The number of hydrogen-bond acceptors (Lipinski definition) is 4. The maximum Gasteiger partial charge on any atom is 0.322 e. The first-order valence-electron chi connectivity index (χ1n) is 9.17. The third-order valence-corrected chi connectivity index (χ3v) is 4.54. The van der Waals surface area contributed by atoms with E-state index in [-0.39, 0.29) is 17.7 Å². The number of carbonyl (C=O) groups excluding carboxylic acids is 1. The Bertz CT molecular complexity index is 818. The fraction of sp³-hybridized carbons (Fsp3) is 0.429. The lowest BCUT2D eigenvalue weighted by atomic mass is 10.1. The van der Waals surface area contributed by atoms with Crippen molar-refractivity contribution in [1.29, 1.82) is 0 Å². The van der Waals surface area contributed by atoms with Gasteiger partial charge in [0.2, 0.25) is 5.88 Å². The van der Waals surface area contributed by atoms with Crippen molar-refractivity contribution >= 4 is 11.7 Å². The lowest BCUT2D eigenvalue weighted by Gasteiger charge is -2.41. The smallest absolute Gasteiger partial charge is 0.322 e. The average Bonchev–Trinajstić information content (AvgIpc) is 2.58. The number of aromatic nitrogens is 1. The largest absolute Gasteiger partial charge is 0.439 e. The molecule has 1 saturated heterocycles. The van der Waals surface area contributed by atoms with Gasteiger partial charge < -0.3 is 19.7 Å². The number of carbonyl (C=O) groups is 1. The lowest BCUT2D eigenvalue weighted by molar-refractivity contribution is -0.116. The SMILES string of the molecule is Cc1ccc(Oc2ccc(NC(=O)N3C[C@H](C)OC(C)(C)C3)cn2)cc1C. The first-order valence-corrected chi connectivity index (χ1v) is 9.17. The van der Waals surface area contributed by atoms with Gasteiger partial charge in [0.15, 0.2) is 0 Å². The summed E-state index contributed by atoms with van der Waals surface area (Å²) in [6.45, 7) is 11.2. The molecule has 0 radical (unpaired) electrons. The van der Waals surface area contributed by atoms with Gasteiger partial charge in [0.1, 0.15) is 5.75 Å². The molecule has 6 heteroatoms. The molecule has 1 N–H and O–H groups in total. The van der Waals surface area contributed by atoms with E-state index in [0.717, 1.165) is 5.75 Å². The van der Waals surface area contributed by atoms with E-state index in [1.165, 1.54) is 11.1 Å². The van der Waals surface area contributed by atoms with Crippen LogP contribution in [0.3, 0.4) is 0 Å². The van der Waals surface area contributed by atoms with Crippen molar-refractivity contribution < 1.29 is 14.3 Å². The molecule has 6 nitrogen and oxygen atoms in total. The van der Waals surface area contributed by atoms with E-state index in [1.54, 1.807) is 23.2 Å². The molecule has 2 heterocycles. The molecular formula is C21H27N3O3. The number of anilines is 1. The van der Waals surface area contributed by atoms with E-state index in [1.807, 2.05) is 45.9 Å². The number of aryl methyl sites for hydroxylation is 2. The summed E-state index contributed by atoms with van der Waals surface area (Å²) in [6.07, 6.45) is 1.61. The number of pyridine rings is 1. The quantitative estimate of drug-likeness (QED) is 0.864. The molecule has 1 aliphatic heterocycles. The third-order valence-electron chi connectivity index (χ3n) is 4.54. The van der Waals surface area contributed by atoms with Crippen molar-refractivity contribution in [3.63, 3.8) is 0 Å². The van der Waals surface area contributed by atoms with Gasteiger partial charge in [0.05, 0.1) is 30.1 Å². The minimum absolute atomic E-state index is 0.00590. The standard InChI is InChI=1S/C21H27N3O3/c1-14-6-8-18(10-15(14)2)26-19-9-7-17(11-22-19)23-20(25)24-12-16(3)27-21(4,5)13-24/h6-11,16H,12-13H2,1-5H3,(H,23,25)/t16-/m0/s1. The van der Waals surface area contributed by atoms with Crippen molar-refractivity contribution in [2.45, 2.75) is 46.3 Å². The number of benzene rings is 1. The second kappa shape index (κ2) is 7.56. The van der Waals surface area contributed by atoms with E-state index in [2.05, 4.69) is 17.2 Å². The van der Waals surface area contributed by atoms with Crippen LogP contribution in [0.1, 0.15) is 31.9 Å². The summed E-state index contributed by atoms with van der Waals surface area (Å²) in [5, 5.41) is 2.89. The fourth-order valence-corrected chi connectivity index (χ4v) is 3.22. The Morgan fingerprint density at radius 3 is 2.67 bits per heavy atom. The summed E-state index contributed by atoms with van der Waals surface area (Å²) in [7, 11) is 0. The molecule has 1 aromatic carbocycles. The van der Waals surface area contributed by atoms with Crippen LogP contribution >= 0.6 is 0 Å². The maximum absolute atomic E-state index is 12.5. The Morgan fingerprint density at radius 1 is 1.26 bits per heavy atom. The number of nitrogens with zero attached hydrogens (tertiary/aromatic N) is 2. The highest BCUT2D eigenvalue weighted by atomic mass is 16.5. The number of amides is 2. The van der Waals surface area contributed by atoms with Crippen LogP contribution in [0, 0.1) is 13.8 Å². The molecule has 0 aliphatic carbocycles. The highest BCUT2D eigenvalue weighted by Gasteiger charge is 2.33. The van der Waals surface area contributed by atoms with Crippen LogP contribution in [0.4, 0.5) is 10.5 Å². The van der Waals surface area contributed by atoms with E-state index < -0.39 is 0 Å². The molecule has 2 amide bonds. The highest BCUT2D eigenvalue weighted by Crippen LogP contribution is 2.24. The van der Waals surface area contributed by atoms with Crippen LogP contribution in [0.5, 0.6) is 11.6 Å². The van der Waals surface area contributed by atoms with Crippen molar-refractivity contribution in [3.8, 4) is 11.6 Å². The minimum Gasteiger partial charge on any atom is -0.439 e. The molecule has 144 valence electrons. The normalized spacial score (nSPS) is 18.9. The summed E-state index contributed by atoms with van der Waals surface area (Å²) in [5.41, 5.74) is 2.66. The van der Waals surface area contributed by atoms with Crippen LogP contribution in [0.2, 0.25) is 0 Å². The van der Waals surface area contributed by atoms with Gasteiger partial charge in [-0.3, -0.25) is 0 Å². The number of morpholine rings is 1. The number of urea groups is 1. The summed E-state index contributed by atoms with van der Waals surface area (Å²) >= 11 is 0. The maximum atomic E-state index is 12.5. The average molecular weight is 369 g/mol. The predicted octanol–water partition coefficient (Wildman–Crippen LogP) is 4.52. The van der Waals surface area contributed by atoms with Crippen molar-refractivity contribution in [3.05, 3.63) is 47.7 Å². The van der Waals surface area contributed by atoms with E-state index in [0.29, 0.717) is 24.7 Å².